The molecule has 1 aromatic heterocycles. The van der Waals surface area contributed by atoms with Crippen LogP contribution in [0.2, 0.25) is 5.02 Å². The Balaban J connectivity index is 1.66. The molecular formula is C22H25ClN2O3. The van der Waals surface area contributed by atoms with Crippen molar-refractivity contribution in [3.63, 3.8) is 0 Å². The van der Waals surface area contributed by atoms with Gasteiger partial charge in [0, 0.05) is 28.6 Å². The predicted molar refractivity (Wildman–Crippen MR) is 113 cm³/mol. The molecule has 3 aromatic rings. The molecule has 0 saturated heterocycles. The molecular weight excluding hydrogens is 376 g/mol. The molecule has 1 unspecified atom stereocenters. The van der Waals surface area contributed by atoms with E-state index in [1.165, 1.54) is 17.7 Å². The number of halogens is 1. The number of hydrogen-bond acceptors (Lipinski definition) is 4. The van der Waals surface area contributed by atoms with Gasteiger partial charge in [-0.2, -0.15) is 0 Å². The van der Waals surface area contributed by atoms with E-state index in [0.29, 0.717) is 23.0 Å². The summed E-state index contributed by atoms with van der Waals surface area (Å²) < 4.78 is 0. The van der Waals surface area contributed by atoms with Crippen molar-refractivity contribution in [3.05, 3.63) is 75.0 Å². The fourth-order valence-corrected chi connectivity index (χ4v) is 3.35. The third-order valence-corrected chi connectivity index (χ3v) is 5.24. The molecule has 0 radical (unpaired) electrons. The number of aliphatic hydroxyl groups excluding tert-OH is 1. The van der Waals surface area contributed by atoms with Crippen LogP contribution in [0.25, 0.3) is 10.9 Å². The molecule has 28 heavy (non-hydrogen) atoms. The molecule has 0 spiro atoms. The molecule has 3 rings (SSSR count). The second kappa shape index (κ2) is 8.35. The second-order valence-electron chi connectivity index (χ2n) is 7.69. The number of benzene rings is 2. The first-order valence-electron chi connectivity index (χ1n) is 9.28. The minimum atomic E-state index is -0.774. The Morgan fingerprint density at radius 3 is 2.54 bits per heavy atom. The quantitative estimate of drug-likeness (QED) is 0.484. The Bertz CT molecular complexity index is 1010. The fourth-order valence-electron chi connectivity index (χ4n) is 3.23. The van der Waals surface area contributed by atoms with E-state index in [1.807, 2.05) is 24.3 Å². The van der Waals surface area contributed by atoms with Gasteiger partial charge in [0.05, 0.1) is 11.6 Å². The number of pyridine rings is 1. The van der Waals surface area contributed by atoms with E-state index in [-0.39, 0.29) is 16.8 Å². The molecule has 0 aliphatic heterocycles. The number of β-amino-alcohol motifs (C(OH)–C–C–N with tert-alkyl or cyclic N) is 1. The summed E-state index contributed by atoms with van der Waals surface area (Å²) in [5.74, 6) is -0.0140. The van der Waals surface area contributed by atoms with Crippen LogP contribution in [0, 0.1) is 0 Å². The number of aromatic amines is 1. The van der Waals surface area contributed by atoms with Gasteiger partial charge in [-0.3, -0.25) is 4.79 Å². The van der Waals surface area contributed by atoms with Gasteiger partial charge in [-0.05, 0) is 62.1 Å². The van der Waals surface area contributed by atoms with Crippen molar-refractivity contribution < 1.29 is 10.2 Å². The largest absolute Gasteiger partial charge is 0.506 e. The molecule has 0 bridgehead atoms. The predicted octanol–water partition coefficient (Wildman–Crippen LogP) is 3.92. The Morgan fingerprint density at radius 1 is 1.11 bits per heavy atom. The van der Waals surface area contributed by atoms with Crippen molar-refractivity contribution >= 4 is 22.5 Å². The Hall–Kier alpha value is -2.34. The summed E-state index contributed by atoms with van der Waals surface area (Å²) >= 11 is 5.93. The lowest BCUT2D eigenvalue weighted by molar-refractivity contribution is 0.160. The van der Waals surface area contributed by atoms with Crippen LogP contribution in [0.15, 0.2) is 53.3 Å². The molecule has 0 fully saturated rings. The molecule has 0 amide bonds. The highest BCUT2D eigenvalue weighted by Crippen LogP contribution is 2.29. The monoisotopic (exact) mass is 400 g/mol. The van der Waals surface area contributed by atoms with Crippen LogP contribution in [0.5, 0.6) is 5.75 Å². The van der Waals surface area contributed by atoms with Gasteiger partial charge in [0.15, 0.2) is 0 Å². The molecule has 0 saturated carbocycles. The molecule has 4 N–H and O–H groups in total. The number of H-pyrrole nitrogens is 1. The zero-order chi connectivity index (χ0) is 20.3. The lowest BCUT2D eigenvalue weighted by Crippen LogP contribution is -2.42. The van der Waals surface area contributed by atoms with Crippen molar-refractivity contribution in [2.24, 2.45) is 0 Å². The maximum atomic E-state index is 11.5. The number of aromatic nitrogens is 1. The highest BCUT2D eigenvalue weighted by Gasteiger charge is 2.20. The second-order valence-corrected chi connectivity index (χ2v) is 8.13. The van der Waals surface area contributed by atoms with Crippen LogP contribution in [0.1, 0.15) is 37.5 Å². The van der Waals surface area contributed by atoms with Crippen LogP contribution in [-0.4, -0.2) is 27.3 Å². The first-order chi connectivity index (χ1) is 13.2. The molecule has 2 aromatic carbocycles. The van der Waals surface area contributed by atoms with Gasteiger partial charge in [0.2, 0.25) is 5.56 Å². The van der Waals surface area contributed by atoms with Gasteiger partial charge in [-0.25, -0.2) is 0 Å². The van der Waals surface area contributed by atoms with Crippen molar-refractivity contribution in [1.82, 2.24) is 10.3 Å². The van der Waals surface area contributed by atoms with E-state index in [4.69, 9.17) is 11.6 Å². The van der Waals surface area contributed by atoms with E-state index in [0.717, 1.165) is 17.9 Å². The standard InChI is InChI=1S/C22H25ClN2O3/c1-22(2,12-11-14-3-5-15(23)6-4-14)24-13-19(27)16-7-9-18(26)21-17(16)8-10-20(28)25-21/h3-10,19,24,26-27H,11-13H2,1-2H3,(H,25,28). The molecule has 0 aliphatic carbocycles. The summed E-state index contributed by atoms with van der Waals surface area (Å²) in [6.45, 7) is 4.55. The number of aromatic hydroxyl groups is 1. The topological polar surface area (TPSA) is 85.3 Å². The van der Waals surface area contributed by atoms with Crippen LogP contribution < -0.4 is 10.9 Å². The zero-order valence-electron chi connectivity index (χ0n) is 16.0. The molecule has 6 heteroatoms. The van der Waals surface area contributed by atoms with Crippen LogP contribution >= 0.6 is 11.6 Å². The van der Waals surface area contributed by atoms with Crippen molar-refractivity contribution in [2.75, 3.05) is 6.54 Å². The molecule has 148 valence electrons. The smallest absolute Gasteiger partial charge is 0.248 e. The Labute approximate surface area is 169 Å². The average Bonchev–Trinajstić information content (AvgIpc) is 2.66. The van der Waals surface area contributed by atoms with Crippen molar-refractivity contribution in [3.8, 4) is 5.75 Å². The highest BCUT2D eigenvalue weighted by atomic mass is 35.5. The Kier molecular flexibility index (Phi) is 6.08. The summed E-state index contributed by atoms with van der Waals surface area (Å²) in [6.07, 6.45) is 1.02. The van der Waals surface area contributed by atoms with E-state index >= 15 is 0 Å². The molecule has 0 aliphatic rings. The zero-order valence-corrected chi connectivity index (χ0v) is 16.8. The van der Waals surface area contributed by atoms with Crippen LogP contribution in [0.3, 0.4) is 0 Å². The summed E-state index contributed by atoms with van der Waals surface area (Å²) in [5, 5.41) is 25.5. The number of fused-ring (bicyclic) bond motifs is 1. The van der Waals surface area contributed by atoms with E-state index in [2.05, 4.69) is 24.1 Å². The molecule has 5 nitrogen and oxygen atoms in total. The summed E-state index contributed by atoms with van der Waals surface area (Å²) in [4.78, 5) is 14.2. The number of hydrogen-bond donors (Lipinski definition) is 4. The number of rotatable bonds is 7. The van der Waals surface area contributed by atoms with E-state index in [1.54, 1.807) is 12.1 Å². The van der Waals surface area contributed by atoms with E-state index in [9.17, 15) is 15.0 Å². The van der Waals surface area contributed by atoms with Gasteiger partial charge < -0.3 is 20.5 Å². The fraction of sp³-hybridized carbons (Fsp3) is 0.318. The number of aliphatic hydroxyl groups is 1. The van der Waals surface area contributed by atoms with Gasteiger partial charge >= 0.3 is 0 Å². The lowest BCUT2D eigenvalue weighted by Gasteiger charge is -2.28. The van der Waals surface area contributed by atoms with Gasteiger partial charge in [-0.15, -0.1) is 0 Å². The number of phenolic OH excluding ortho intramolecular Hbond substituents is 1. The maximum Gasteiger partial charge on any atom is 0.248 e. The lowest BCUT2D eigenvalue weighted by atomic mass is 9.94. The Morgan fingerprint density at radius 2 is 1.82 bits per heavy atom. The van der Waals surface area contributed by atoms with Crippen LogP contribution in [0.4, 0.5) is 0 Å². The number of aryl methyl sites for hydroxylation is 1. The molecule has 1 atom stereocenters. The first kappa shape index (κ1) is 20.4. The maximum absolute atomic E-state index is 11.5. The molecule has 1 heterocycles. The van der Waals surface area contributed by atoms with Gasteiger partial charge in [0.1, 0.15) is 5.75 Å². The van der Waals surface area contributed by atoms with Crippen LogP contribution in [-0.2, 0) is 6.42 Å². The van der Waals surface area contributed by atoms with Gasteiger partial charge in [0.25, 0.3) is 0 Å². The normalized spacial score (nSPS) is 13.0. The third kappa shape index (κ3) is 4.93. The number of nitrogens with one attached hydrogen (secondary N) is 2. The van der Waals surface area contributed by atoms with Gasteiger partial charge in [-0.1, -0.05) is 29.8 Å². The summed E-state index contributed by atoms with van der Waals surface area (Å²) in [7, 11) is 0. The average molecular weight is 401 g/mol. The summed E-state index contributed by atoms with van der Waals surface area (Å²) in [6, 6.07) is 14.0. The summed E-state index contributed by atoms with van der Waals surface area (Å²) in [5.41, 5.74) is 1.74. The minimum Gasteiger partial charge on any atom is -0.506 e. The number of phenols is 1. The van der Waals surface area contributed by atoms with E-state index < -0.39 is 6.10 Å². The highest BCUT2D eigenvalue weighted by molar-refractivity contribution is 6.30. The van der Waals surface area contributed by atoms with Crippen molar-refractivity contribution in [1.29, 1.82) is 0 Å². The SMILES string of the molecule is CC(C)(CCc1ccc(Cl)cc1)NCC(O)c1ccc(O)c2[nH]c(=O)ccc12. The first-order valence-corrected chi connectivity index (χ1v) is 9.65. The minimum absolute atomic E-state index is 0.0140. The van der Waals surface area contributed by atoms with Crippen molar-refractivity contribution in [2.45, 2.75) is 38.3 Å². The third-order valence-electron chi connectivity index (χ3n) is 4.99.